The van der Waals surface area contributed by atoms with Crippen LogP contribution in [0.5, 0.6) is 0 Å². The van der Waals surface area contributed by atoms with Crippen molar-refractivity contribution in [3.63, 3.8) is 0 Å². The van der Waals surface area contributed by atoms with Crippen LogP contribution in [0.15, 0.2) is 6.07 Å². The molecule has 0 radical (unpaired) electrons. The average molecular weight is 230 g/mol. The Labute approximate surface area is 106 Å². The van der Waals surface area contributed by atoms with Crippen molar-refractivity contribution >= 4 is 0 Å². The molecule has 1 aromatic rings. The zero-order chi connectivity index (χ0) is 12.4. The molecule has 94 valence electrons. The smallest absolute Gasteiger partial charge is 0.0182 e. The van der Waals surface area contributed by atoms with Gasteiger partial charge in [-0.2, -0.15) is 0 Å². The summed E-state index contributed by atoms with van der Waals surface area (Å²) >= 11 is 0. The van der Waals surface area contributed by atoms with Gasteiger partial charge in [-0.05, 0) is 65.8 Å². The summed E-state index contributed by atoms with van der Waals surface area (Å²) in [6.45, 7) is 9.33. The molecule has 0 aromatic heterocycles. The summed E-state index contributed by atoms with van der Waals surface area (Å²) < 4.78 is 0. The van der Waals surface area contributed by atoms with E-state index < -0.39 is 0 Å². The molecule has 1 aromatic carbocycles. The van der Waals surface area contributed by atoms with E-state index in [2.05, 4.69) is 33.8 Å². The molecule has 0 saturated heterocycles. The van der Waals surface area contributed by atoms with E-state index in [1.165, 1.54) is 38.5 Å². The Hall–Kier alpha value is -0.780. The molecule has 17 heavy (non-hydrogen) atoms. The lowest BCUT2D eigenvalue weighted by molar-refractivity contribution is 0.736. The fourth-order valence-corrected chi connectivity index (χ4v) is 3.56. The van der Waals surface area contributed by atoms with E-state index in [1.54, 1.807) is 27.8 Å². The second-order valence-corrected chi connectivity index (χ2v) is 5.46. The van der Waals surface area contributed by atoms with Gasteiger partial charge in [-0.3, -0.25) is 0 Å². The molecule has 1 unspecified atom stereocenters. The summed E-state index contributed by atoms with van der Waals surface area (Å²) in [7, 11) is 0. The van der Waals surface area contributed by atoms with E-state index in [0.29, 0.717) is 0 Å². The van der Waals surface area contributed by atoms with Crippen LogP contribution in [0.2, 0.25) is 0 Å². The molecule has 0 amide bonds. The minimum absolute atomic E-state index is 0.794. The highest BCUT2D eigenvalue weighted by molar-refractivity contribution is 5.50. The summed E-state index contributed by atoms with van der Waals surface area (Å²) in [5.74, 6) is 0.794. The van der Waals surface area contributed by atoms with Crippen molar-refractivity contribution in [3.8, 4) is 0 Å². The number of aryl methyl sites for hydroxylation is 2. The van der Waals surface area contributed by atoms with Gasteiger partial charge in [0, 0.05) is 0 Å². The molecule has 0 aliphatic heterocycles. The largest absolute Gasteiger partial charge is 0.0651 e. The van der Waals surface area contributed by atoms with Gasteiger partial charge in [0.25, 0.3) is 0 Å². The lowest BCUT2D eigenvalue weighted by atomic mass is 9.87. The van der Waals surface area contributed by atoms with Gasteiger partial charge in [-0.1, -0.05) is 40.2 Å². The highest BCUT2D eigenvalue weighted by Crippen LogP contribution is 2.39. The van der Waals surface area contributed by atoms with Crippen molar-refractivity contribution in [2.75, 3.05) is 0 Å². The first-order chi connectivity index (χ1) is 8.22. The lowest BCUT2D eigenvalue weighted by Gasteiger charge is -2.18. The zero-order valence-electron chi connectivity index (χ0n) is 11.9. The molecule has 0 heteroatoms. The maximum absolute atomic E-state index is 2.52. The van der Waals surface area contributed by atoms with E-state index in [1.807, 2.05) is 0 Å². The first-order valence-corrected chi connectivity index (χ1v) is 7.39. The van der Waals surface area contributed by atoms with Gasteiger partial charge in [0.1, 0.15) is 0 Å². The molecule has 1 aliphatic rings. The van der Waals surface area contributed by atoms with E-state index in [0.717, 1.165) is 5.92 Å². The number of rotatable bonds is 4. The molecule has 0 heterocycles. The van der Waals surface area contributed by atoms with Gasteiger partial charge in [0.05, 0.1) is 0 Å². The molecule has 0 N–H and O–H groups in total. The van der Waals surface area contributed by atoms with E-state index >= 15 is 0 Å². The molecule has 1 aliphatic carbocycles. The van der Waals surface area contributed by atoms with Gasteiger partial charge in [-0.25, -0.2) is 0 Å². The maximum atomic E-state index is 2.52. The van der Waals surface area contributed by atoms with Gasteiger partial charge >= 0.3 is 0 Å². The van der Waals surface area contributed by atoms with Crippen LogP contribution >= 0.6 is 0 Å². The molecular formula is C17H26. The standard InChI is InChI=1S/C17H26/c1-5-8-14-11-13(6-2)15(7-3)16-10-9-12(4)17(14)16/h11-12H,5-10H2,1-4H3. The molecule has 0 spiro atoms. The molecular weight excluding hydrogens is 204 g/mol. The first kappa shape index (κ1) is 12.7. The Morgan fingerprint density at radius 2 is 1.88 bits per heavy atom. The second kappa shape index (κ2) is 5.25. The predicted molar refractivity (Wildman–Crippen MR) is 75.9 cm³/mol. The minimum atomic E-state index is 0.794. The van der Waals surface area contributed by atoms with Crippen LogP contribution < -0.4 is 0 Å². The van der Waals surface area contributed by atoms with Gasteiger partial charge in [-0.15, -0.1) is 0 Å². The number of benzene rings is 1. The molecule has 0 saturated carbocycles. The van der Waals surface area contributed by atoms with Crippen molar-refractivity contribution < 1.29 is 0 Å². The van der Waals surface area contributed by atoms with Crippen molar-refractivity contribution in [1.82, 2.24) is 0 Å². The van der Waals surface area contributed by atoms with E-state index in [9.17, 15) is 0 Å². The van der Waals surface area contributed by atoms with Gasteiger partial charge < -0.3 is 0 Å². The van der Waals surface area contributed by atoms with Crippen molar-refractivity contribution in [1.29, 1.82) is 0 Å². The number of fused-ring (bicyclic) bond motifs is 1. The second-order valence-electron chi connectivity index (χ2n) is 5.46. The highest BCUT2D eigenvalue weighted by Gasteiger charge is 2.25. The van der Waals surface area contributed by atoms with Crippen LogP contribution in [0.4, 0.5) is 0 Å². The fraction of sp³-hybridized carbons (Fsp3) is 0.647. The molecule has 1 atom stereocenters. The predicted octanol–water partition coefficient (Wildman–Crippen LogP) is 4.81. The normalized spacial score (nSPS) is 18.5. The maximum Gasteiger partial charge on any atom is -0.0182 e. The summed E-state index contributed by atoms with van der Waals surface area (Å²) in [5, 5.41) is 0. The third kappa shape index (κ3) is 2.14. The molecule has 0 bridgehead atoms. The van der Waals surface area contributed by atoms with Crippen LogP contribution in [0.25, 0.3) is 0 Å². The van der Waals surface area contributed by atoms with Crippen molar-refractivity contribution in [3.05, 3.63) is 33.9 Å². The Morgan fingerprint density at radius 3 is 2.47 bits per heavy atom. The fourth-order valence-electron chi connectivity index (χ4n) is 3.56. The summed E-state index contributed by atoms with van der Waals surface area (Å²) in [6, 6.07) is 2.52. The minimum Gasteiger partial charge on any atom is -0.0651 e. The molecule has 2 rings (SSSR count). The zero-order valence-corrected chi connectivity index (χ0v) is 11.9. The average Bonchev–Trinajstić information content (AvgIpc) is 2.72. The topological polar surface area (TPSA) is 0 Å². The van der Waals surface area contributed by atoms with Crippen LogP contribution in [-0.4, -0.2) is 0 Å². The Morgan fingerprint density at radius 1 is 1.12 bits per heavy atom. The summed E-state index contributed by atoms with van der Waals surface area (Å²) in [5.41, 5.74) is 8.39. The summed E-state index contributed by atoms with van der Waals surface area (Å²) in [6.07, 6.45) is 7.64. The van der Waals surface area contributed by atoms with E-state index in [-0.39, 0.29) is 0 Å². The van der Waals surface area contributed by atoms with Crippen LogP contribution in [0, 0.1) is 0 Å². The SMILES string of the molecule is CCCc1cc(CC)c(CC)c2c1C(C)CC2. The number of hydrogen-bond acceptors (Lipinski definition) is 0. The van der Waals surface area contributed by atoms with Gasteiger partial charge in [0.15, 0.2) is 0 Å². The third-order valence-corrected chi connectivity index (χ3v) is 4.35. The Kier molecular flexibility index (Phi) is 3.91. The van der Waals surface area contributed by atoms with Crippen LogP contribution in [-0.2, 0) is 25.7 Å². The lowest BCUT2D eigenvalue weighted by Crippen LogP contribution is -2.04. The quantitative estimate of drug-likeness (QED) is 0.696. The monoisotopic (exact) mass is 230 g/mol. The Bertz CT molecular complexity index is 401. The van der Waals surface area contributed by atoms with Crippen molar-refractivity contribution in [2.24, 2.45) is 0 Å². The van der Waals surface area contributed by atoms with Crippen LogP contribution in [0.3, 0.4) is 0 Å². The third-order valence-electron chi connectivity index (χ3n) is 4.35. The van der Waals surface area contributed by atoms with Crippen molar-refractivity contribution in [2.45, 2.75) is 72.1 Å². The van der Waals surface area contributed by atoms with E-state index in [4.69, 9.17) is 0 Å². The highest BCUT2D eigenvalue weighted by atomic mass is 14.3. The molecule has 0 fully saturated rings. The van der Waals surface area contributed by atoms with Gasteiger partial charge in [0.2, 0.25) is 0 Å². The number of hydrogen-bond donors (Lipinski definition) is 0. The van der Waals surface area contributed by atoms with Crippen LogP contribution in [0.1, 0.15) is 74.3 Å². The summed E-state index contributed by atoms with van der Waals surface area (Å²) in [4.78, 5) is 0. The Balaban J connectivity index is 2.59. The first-order valence-electron chi connectivity index (χ1n) is 7.39. The molecule has 0 nitrogen and oxygen atoms in total.